The Labute approximate surface area is 144 Å². The first-order valence-electron chi connectivity index (χ1n) is 8.03. The lowest BCUT2D eigenvalue weighted by atomic mass is 10.1. The molecule has 1 atom stereocenters. The van der Waals surface area contributed by atoms with E-state index in [9.17, 15) is 19.1 Å². The molecule has 3 rings (SSSR count). The van der Waals surface area contributed by atoms with E-state index in [1.54, 1.807) is 29.2 Å². The molecule has 130 valence electrons. The van der Waals surface area contributed by atoms with E-state index in [0.29, 0.717) is 30.8 Å². The van der Waals surface area contributed by atoms with Crippen LogP contribution in [0.2, 0.25) is 0 Å². The predicted molar refractivity (Wildman–Crippen MR) is 89.7 cm³/mol. The molecule has 1 aromatic heterocycles. The van der Waals surface area contributed by atoms with Crippen LogP contribution in [0, 0.1) is 5.82 Å². The van der Waals surface area contributed by atoms with E-state index >= 15 is 0 Å². The van der Waals surface area contributed by atoms with E-state index in [1.165, 1.54) is 6.07 Å². The van der Waals surface area contributed by atoms with Gasteiger partial charge < -0.3 is 15.3 Å². The summed E-state index contributed by atoms with van der Waals surface area (Å²) in [5.74, 6) is -1.19. The van der Waals surface area contributed by atoms with Crippen LogP contribution in [0.15, 0.2) is 42.6 Å². The summed E-state index contributed by atoms with van der Waals surface area (Å²) in [6, 6.07) is 9.00. The number of hydrogen-bond donors (Lipinski definition) is 2. The van der Waals surface area contributed by atoms with Crippen molar-refractivity contribution in [1.82, 2.24) is 9.88 Å². The number of anilines is 1. The molecule has 1 aliphatic heterocycles. The number of carbonyl (C=O) groups excluding carboxylic acids is 2. The second-order valence-electron chi connectivity index (χ2n) is 5.94. The smallest absolute Gasteiger partial charge is 0.274 e. The van der Waals surface area contributed by atoms with E-state index in [2.05, 4.69) is 10.3 Å². The fourth-order valence-corrected chi connectivity index (χ4v) is 2.76. The fraction of sp³-hybridized carbons (Fsp3) is 0.278. The Morgan fingerprint density at radius 1 is 1.28 bits per heavy atom. The number of aliphatic hydroxyl groups is 1. The van der Waals surface area contributed by atoms with Crippen LogP contribution in [0.25, 0.3) is 0 Å². The Morgan fingerprint density at radius 2 is 2.12 bits per heavy atom. The maximum Gasteiger partial charge on any atom is 0.274 e. The van der Waals surface area contributed by atoms with Gasteiger partial charge in [0.05, 0.1) is 12.3 Å². The number of likely N-dealkylation sites (tertiary alicyclic amines) is 1. The van der Waals surface area contributed by atoms with Gasteiger partial charge in [0, 0.05) is 24.3 Å². The number of rotatable bonds is 3. The van der Waals surface area contributed by atoms with Crippen LogP contribution in [-0.4, -0.2) is 46.0 Å². The molecular formula is C18H18FN3O3. The molecule has 2 N–H and O–H groups in total. The van der Waals surface area contributed by atoms with Gasteiger partial charge in [0.1, 0.15) is 11.5 Å². The molecule has 1 aliphatic rings. The minimum Gasteiger partial charge on any atom is -0.391 e. The van der Waals surface area contributed by atoms with Crippen LogP contribution in [-0.2, 0) is 0 Å². The van der Waals surface area contributed by atoms with Crippen LogP contribution in [0.4, 0.5) is 10.1 Å². The summed E-state index contributed by atoms with van der Waals surface area (Å²) in [5, 5.41) is 12.4. The highest BCUT2D eigenvalue weighted by Gasteiger charge is 2.23. The Hall–Kier alpha value is -2.80. The second-order valence-corrected chi connectivity index (χ2v) is 5.94. The van der Waals surface area contributed by atoms with E-state index < -0.39 is 17.8 Å². The minimum absolute atomic E-state index is 0.0808. The highest BCUT2D eigenvalue weighted by atomic mass is 19.1. The summed E-state index contributed by atoms with van der Waals surface area (Å²) in [7, 11) is 0. The Bertz CT molecular complexity index is 779. The van der Waals surface area contributed by atoms with Crippen molar-refractivity contribution in [2.24, 2.45) is 0 Å². The van der Waals surface area contributed by atoms with Gasteiger partial charge in [0.2, 0.25) is 0 Å². The van der Waals surface area contributed by atoms with Crippen molar-refractivity contribution in [3.63, 3.8) is 0 Å². The van der Waals surface area contributed by atoms with E-state index in [0.717, 1.165) is 18.7 Å². The molecule has 6 nitrogen and oxygen atoms in total. The van der Waals surface area contributed by atoms with E-state index in [4.69, 9.17) is 0 Å². The number of piperidine rings is 1. The number of hydrogen-bond acceptors (Lipinski definition) is 4. The van der Waals surface area contributed by atoms with Gasteiger partial charge in [0.25, 0.3) is 11.8 Å². The lowest BCUT2D eigenvalue weighted by Crippen LogP contribution is -2.42. The summed E-state index contributed by atoms with van der Waals surface area (Å²) in [6.07, 6.45) is 1.94. The van der Waals surface area contributed by atoms with Gasteiger partial charge in [-0.3, -0.25) is 9.59 Å². The molecule has 2 amide bonds. The van der Waals surface area contributed by atoms with Crippen LogP contribution in [0.3, 0.4) is 0 Å². The summed E-state index contributed by atoms with van der Waals surface area (Å²) in [6.45, 7) is 0.918. The normalized spacial score (nSPS) is 17.2. The summed E-state index contributed by atoms with van der Waals surface area (Å²) in [4.78, 5) is 30.0. The molecule has 1 aromatic carbocycles. The third-order valence-corrected chi connectivity index (χ3v) is 4.01. The molecule has 2 heterocycles. The van der Waals surface area contributed by atoms with E-state index in [-0.39, 0.29) is 11.6 Å². The van der Waals surface area contributed by atoms with Gasteiger partial charge >= 0.3 is 0 Å². The summed E-state index contributed by atoms with van der Waals surface area (Å²) in [5.41, 5.74) is 0.954. The standard InChI is InChI=1S/C18H18FN3O3/c19-13-6-7-16(20-10-13)17(24)21-14-4-1-3-12(9-14)18(25)22-8-2-5-15(23)11-22/h1,3-4,6-7,9-10,15,23H,2,5,8,11H2,(H,21,24)/t15-/m0/s1. The molecule has 25 heavy (non-hydrogen) atoms. The largest absolute Gasteiger partial charge is 0.391 e. The van der Waals surface area contributed by atoms with Gasteiger partial charge in [-0.1, -0.05) is 6.07 Å². The Balaban J connectivity index is 1.71. The number of benzene rings is 1. The first-order chi connectivity index (χ1) is 12.0. The zero-order valence-corrected chi connectivity index (χ0v) is 13.5. The van der Waals surface area contributed by atoms with Gasteiger partial charge in [-0.25, -0.2) is 9.37 Å². The molecule has 2 aromatic rings. The molecule has 7 heteroatoms. The van der Waals surface area contributed by atoms with Crippen molar-refractivity contribution in [3.05, 3.63) is 59.7 Å². The molecule has 0 spiro atoms. The first kappa shape index (κ1) is 17.0. The van der Waals surface area contributed by atoms with Crippen LogP contribution in [0.1, 0.15) is 33.7 Å². The van der Waals surface area contributed by atoms with Crippen LogP contribution in [0.5, 0.6) is 0 Å². The molecule has 0 bridgehead atoms. The fourth-order valence-electron chi connectivity index (χ4n) is 2.76. The quantitative estimate of drug-likeness (QED) is 0.894. The summed E-state index contributed by atoms with van der Waals surface area (Å²) < 4.78 is 12.9. The first-order valence-corrected chi connectivity index (χ1v) is 8.03. The summed E-state index contributed by atoms with van der Waals surface area (Å²) >= 11 is 0. The van der Waals surface area contributed by atoms with Crippen LogP contribution >= 0.6 is 0 Å². The van der Waals surface area contributed by atoms with E-state index in [1.807, 2.05) is 0 Å². The second kappa shape index (κ2) is 7.40. The van der Waals surface area contributed by atoms with Crippen molar-refractivity contribution < 1.29 is 19.1 Å². The number of nitrogens with zero attached hydrogens (tertiary/aromatic N) is 2. The molecule has 1 fully saturated rings. The van der Waals surface area contributed by atoms with Crippen molar-refractivity contribution in [2.75, 3.05) is 18.4 Å². The number of aliphatic hydroxyl groups excluding tert-OH is 1. The number of pyridine rings is 1. The minimum atomic E-state index is -0.520. The number of β-amino-alcohol motifs (C(OH)–C–C–N with tert-alkyl or cyclic N) is 1. The van der Waals surface area contributed by atoms with Crippen LogP contribution < -0.4 is 5.32 Å². The third kappa shape index (κ3) is 4.19. The molecule has 0 saturated carbocycles. The van der Waals surface area contributed by atoms with Gasteiger partial charge in [0.15, 0.2) is 0 Å². The van der Waals surface area contributed by atoms with Crippen molar-refractivity contribution >= 4 is 17.5 Å². The number of aromatic nitrogens is 1. The maximum absolute atomic E-state index is 12.9. The molecule has 0 radical (unpaired) electrons. The van der Waals surface area contributed by atoms with Crippen molar-refractivity contribution in [1.29, 1.82) is 0 Å². The molecule has 0 unspecified atom stereocenters. The number of carbonyl (C=O) groups is 2. The topological polar surface area (TPSA) is 82.5 Å². The Morgan fingerprint density at radius 3 is 2.84 bits per heavy atom. The SMILES string of the molecule is O=C(Nc1cccc(C(=O)N2CCC[C@H](O)C2)c1)c1ccc(F)cn1. The molecule has 1 saturated heterocycles. The molecule has 0 aliphatic carbocycles. The highest BCUT2D eigenvalue weighted by Crippen LogP contribution is 2.17. The lowest BCUT2D eigenvalue weighted by Gasteiger charge is -2.30. The maximum atomic E-state index is 12.9. The van der Waals surface area contributed by atoms with Crippen molar-refractivity contribution in [2.45, 2.75) is 18.9 Å². The van der Waals surface area contributed by atoms with Crippen molar-refractivity contribution in [3.8, 4) is 0 Å². The van der Waals surface area contributed by atoms with Gasteiger partial charge in [-0.15, -0.1) is 0 Å². The van der Waals surface area contributed by atoms with Gasteiger partial charge in [-0.05, 0) is 43.2 Å². The zero-order chi connectivity index (χ0) is 17.8. The molecular weight excluding hydrogens is 325 g/mol. The lowest BCUT2D eigenvalue weighted by molar-refractivity contribution is 0.0474. The zero-order valence-electron chi connectivity index (χ0n) is 13.5. The highest BCUT2D eigenvalue weighted by molar-refractivity contribution is 6.03. The average Bonchev–Trinajstić information content (AvgIpc) is 2.62. The monoisotopic (exact) mass is 343 g/mol. The average molecular weight is 343 g/mol. The number of nitrogens with one attached hydrogen (secondary N) is 1. The predicted octanol–water partition coefficient (Wildman–Crippen LogP) is 2.07. The third-order valence-electron chi connectivity index (χ3n) is 4.01. The van der Waals surface area contributed by atoms with Gasteiger partial charge in [-0.2, -0.15) is 0 Å². The number of halogens is 1. The Kier molecular flexibility index (Phi) is 5.04. The number of amides is 2.